The summed E-state index contributed by atoms with van der Waals surface area (Å²) in [4.78, 5) is 28.1. The van der Waals surface area contributed by atoms with Crippen LogP contribution in [0.5, 0.6) is 0 Å². The second kappa shape index (κ2) is 7.31. The molecule has 6 heteroatoms. The summed E-state index contributed by atoms with van der Waals surface area (Å²) in [7, 11) is 0. The van der Waals surface area contributed by atoms with Crippen LogP contribution < -0.4 is 5.73 Å². The van der Waals surface area contributed by atoms with E-state index in [9.17, 15) is 9.59 Å². The number of carbonyl (C=O) groups excluding carboxylic acids is 2. The van der Waals surface area contributed by atoms with Crippen LogP contribution in [0, 0.1) is 5.92 Å². The molecule has 1 heterocycles. The maximum Gasteiger partial charge on any atom is 0.410 e. The number of hydrogen-bond donors (Lipinski definition) is 1. The fourth-order valence-corrected chi connectivity index (χ4v) is 2.56. The van der Waals surface area contributed by atoms with Gasteiger partial charge in [0.2, 0.25) is 5.91 Å². The molecule has 128 valence electrons. The molecular weight excluding hydrogens is 282 g/mol. The number of amides is 2. The summed E-state index contributed by atoms with van der Waals surface area (Å²) in [5.74, 6) is 0.0680. The van der Waals surface area contributed by atoms with Gasteiger partial charge in [-0.2, -0.15) is 0 Å². The Morgan fingerprint density at radius 3 is 2.41 bits per heavy atom. The van der Waals surface area contributed by atoms with E-state index >= 15 is 0 Å². The van der Waals surface area contributed by atoms with Crippen LogP contribution in [0.25, 0.3) is 0 Å². The third kappa shape index (κ3) is 4.87. The van der Waals surface area contributed by atoms with Gasteiger partial charge in [-0.3, -0.25) is 4.79 Å². The summed E-state index contributed by atoms with van der Waals surface area (Å²) in [6.45, 7) is 13.1. The number of nitrogens with two attached hydrogens (primary N) is 1. The molecule has 2 amide bonds. The summed E-state index contributed by atoms with van der Waals surface area (Å²) in [6, 6.07) is -0.467. The molecule has 0 saturated carbocycles. The van der Waals surface area contributed by atoms with Crippen molar-refractivity contribution in [1.29, 1.82) is 0 Å². The van der Waals surface area contributed by atoms with Crippen LogP contribution in [-0.4, -0.2) is 59.1 Å². The number of rotatable bonds is 4. The average Bonchev–Trinajstić information content (AvgIpc) is 2.86. The molecule has 0 aromatic rings. The first-order valence-corrected chi connectivity index (χ1v) is 8.10. The number of ether oxygens (including phenoxy) is 1. The summed E-state index contributed by atoms with van der Waals surface area (Å²) in [5, 5.41) is 0. The zero-order valence-corrected chi connectivity index (χ0v) is 14.8. The van der Waals surface area contributed by atoms with Gasteiger partial charge in [-0.15, -0.1) is 0 Å². The maximum absolute atomic E-state index is 12.5. The van der Waals surface area contributed by atoms with Gasteiger partial charge >= 0.3 is 6.09 Å². The summed E-state index contributed by atoms with van der Waals surface area (Å²) >= 11 is 0. The van der Waals surface area contributed by atoms with E-state index in [0.717, 1.165) is 6.42 Å². The van der Waals surface area contributed by atoms with Crippen molar-refractivity contribution in [2.45, 2.75) is 65.6 Å². The number of nitrogens with zero attached hydrogens (tertiary/aromatic N) is 2. The Hall–Kier alpha value is -1.30. The molecule has 1 saturated heterocycles. The molecule has 2 unspecified atom stereocenters. The standard InChI is InChI=1S/C16H31N3O3/c1-7-19(14(20)13(17)11(2)3)12-8-9-18(10-12)15(21)22-16(4,5)6/h11-13H,7-10,17H2,1-6H3. The van der Waals surface area contributed by atoms with Crippen LogP contribution in [-0.2, 0) is 9.53 Å². The third-order valence-corrected chi connectivity index (χ3v) is 3.88. The molecule has 2 N–H and O–H groups in total. The first kappa shape index (κ1) is 18.7. The van der Waals surface area contributed by atoms with E-state index in [-0.39, 0.29) is 24.0 Å². The van der Waals surface area contributed by atoms with Crippen LogP contribution in [0.4, 0.5) is 4.79 Å². The molecule has 1 aliphatic heterocycles. The lowest BCUT2D eigenvalue weighted by Crippen LogP contribution is -2.51. The Balaban J connectivity index is 2.67. The molecule has 0 aromatic heterocycles. The monoisotopic (exact) mass is 313 g/mol. The van der Waals surface area contributed by atoms with Crippen molar-refractivity contribution in [3.8, 4) is 0 Å². The molecule has 2 atom stereocenters. The van der Waals surface area contributed by atoms with Crippen LogP contribution in [0.1, 0.15) is 48.0 Å². The second-order valence-corrected chi connectivity index (χ2v) is 7.26. The predicted molar refractivity (Wildman–Crippen MR) is 86.4 cm³/mol. The first-order chi connectivity index (χ1) is 10.1. The highest BCUT2D eigenvalue weighted by molar-refractivity contribution is 5.82. The van der Waals surface area contributed by atoms with E-state index < -0.39 is 11.6 Å². The topological polar surface area (TPSA) is 75.9 Å². The zero-order valence-electron chi connectivity index (χ0n) is 14.8. The van der Waals surface area contributed by atoms with Gasteiger partial charge in [0.25, 0.3) is 0 Å². The highest BCUT2D eigenvalue weighted by atomic mass is 16.6. The molecule has 0 bridgehead atoms. The van der Waals surface area contributed by atoms with Crippen LogP contribution in [0.3, 0.4) is 0 Å². The van der Waals surface area contributed by atoms with Crippen molar-refractivity contribution in [1.82, 2.24) is 9.80 Å². The molecule has 1 aliphatic rings. The number of likely N-dealkylation sites (tertiary alicyclic amines) is 1. The van der Waals surface area contributed by atoms with Gasteiger partial charge in [-0.1, -0.05) is 13.8 Å². The van der Waals surface area contributed by atoms with E-state index in [0.29, 0.717) is 19.6 Å². The number of hydrogen-bond acceptors (Lipinski definition) is 4. The highest BCUT2D eigenvalue weighted by Gasteiger charge is 2.35. The number of likely N-dealkylation sites (N-methyl/N-ethyl adjacent to an activating group) is 1. The van der Waals surface area contributed by atoms with Crippen molar-refractivity contribution < 1.29 is 14.3 Å². The molecule has 0 spiro atoms. The van der Waals surface area contributed by atoms with Crippen molar-refractivity contribution in [3.05, 3.63) is 0 Å². The highest BCUT2D eigenvalue weighted by Crippen LogP contribution is 2.20. The lowest BCUT2D eigenvalue weighted by atomic mass is 10.0. The van der Waals surface area contributed by atoms with Crippen LogP contribution >= 0.6 is 0 Å². The van der Waals surface area contributed by atoms with Crippen LogP contribution in [0.2, 0.25) is 0 Å². The summed E-state index contributed by atoms with van der Waals surface area (Å²) < 4.78 is 5.39. The Labute approximate surface area is 134 Å². The Morgan fingerprint density at radius 2 is 1.95 bits per heavy atom. The van der Waals surface area contributed by atoms with Gasteiger partial charge in [-0.05, 0) is 40.0 Å². The average molecular weight is 313 g/mol. The largest absolute Gasteiger partial charge is 0.444 e. The van der Waals surface area contributed by atoms with Gasteiger partial charge in [0.05, 0.1) is 12.1 Å². The van der Waals surface area contributed by atoms with Crippen LogP contribution in [0.15, 0.2) is 0 Å². The lowest BCUT2D eigenvalue weighted by Gasteiger charge is -2.31. The van der Waals surface area contributed by atoms with Crippen molar-refractivity contribution in [2.24, 2.45) is 11.7 Å². The van der Waals surface area contributed by atoms with Crippen molar-refractivity contribution >= 4 is 12.0 Å². The molecule has 1 fully saturated rings. The van der Waals surface area contributed by atoms with Gasteiger partial charge in [0, 0.05) is 19.6 Å². The SMILES string of the molecule is CCN(C(=O)C(N)C(C)C)C1CCN(C(=O)OC(C)(C)C)C1. The van der Waals surface area contributed by atoms with E-state index in [1.54, 1.807) is 9.80 Å². The molecule has 1 rings (SSSR count). The predicted octanol–water partition coefficient (Wildman–Crippen LogP) is 1.83. The van der Waals surface area contributed by atoms with E-state index in [2.05, 4.69) is 0 Å². The fourth-order valence-electron chi connectivity index (χ4n) is 2.56. The quantitative estimate of drug-likeness (QED) is 0.859. The lowest BCUT2D eigenvalue weighted by molar-refractivity contribution is -0.135. The zero-order chi connectivity index (χ0) is 17.1. The smallest absolute Gasteiger partial charge is 0.410 e. The number of carbonyl (C=O) groups is 2. The molecule has 0 aliphatic carbocycles. The Kier molecular flexibility index (Phi) is 6.23. The molecule has 6 nitrogen and oxygen atoms in total. The van der Waals surface area contributed by atoms with E-state index in [1.807, 2.05) is 41.5 Å². The minimum Gasteiger partial charge on any atom is -0.444 e. The molecule has 0 aromatic carbocycles. The van der Waals surface area contributed by atoms with Crippen molar-refractivity contribution in [2.75, 3.05) is 19.6 Å². The minimum atomic E-state index is -0.505. The first-order valence-electron chi connectivity index (χ1n) is 8.10. The fraction of sp³-hybridized carbons (Fsp3) is 0.875. The second-order valence-electron chi connectivity index (χ2n) is 7.26. The van der Waals surface area contributed by atoms with E-state index in [4.69, 9.17) is 10.5 Å². The molecule has 22 heavy (non-hydrogen) atoms. The Bertz CT molecular complexity index is 404. The summed E-state index contributed by atoms with van der Waals surface area (Å²) in [6.07, 6.45) is 0.454. The minimum absolute atomic E-state index is 0.0230. The Morgan fingerprint density at radius 1 is 1.36 bits per heavy atom. The van der Waals surface area contributed by atoms with Crippen molar-refractivity contribution in [3.63, 3.8) is 0 Å². The van der Waals surface area contributed by atoms with E-state index in [1.165, 1.54) is 0 Å². The summed E-state index contributed by atoms with van der Waals surface area (Å²) in [5.41, 5.74) is 5.48. The maximum atomic E-state index is 12.5. The normalized spacial score (nSPS) is 20.2. The van der Waals surface area contributed by atoms with Gasteiger partial charge in [0.15, 0.2) is 0 Å². The van der Waals surface area contributed by atoms with Gasteiger partial charge in [-0.25, -0.2) is 4.79 Å². The third-order valence-electron chi connectivity index (χ3n) is 3.88. The molecular formula is C16H31N3O3. The van der Waals surface area contributed by atoms with Gasteiger partial charge in [0.1, 0.15) is 5.60 Å². The molecule has 0 radical (unpaired) electrons. The van der Waals surface area contributed by atoms with Gasteiger partial charge < -0.3 is 20.3 Å².